The van der Waals surface area contributed by atoms with Crippen molar-refractivity contribution in [2.45, 2.75) is 56.9 Å². The van der Waals surface area contributed by atoms with E-state index in [1.165, 1.54) is 18.2 Å². The standard InChI is InChI=1S/C24H27N3O2S/c1-17-9-8-10-18(2)27(17)22(28)16-30-24-25-21-14-7-6-13-20(21)23(29)26(24)15-19-11-4-3-5-12-19/h3-7,11-14,17-18H,8-10,15-16H2,1-2H3/t17-,18-/m1/s1. The van der Waals surface area contributed by atoms with E-state index < -0.39 is 0 Å². The first-order chi connectivity index (χ1) is 14.5. The Morgan fingerprint density at radius 1 is 1.03 bits per heavy atom. The molecule has 156 valence electrons. The zero-order valence-electron chi connectivity index (χ0n) is 17.5. The highest BCUT2D eigenvalue weighted by atomic mass is 32.2. The van der Waals surface area contributed by atoms with Crippen molar-refractivity contribution < 1.29 is 4.79 Å². The number of carbonyl (C=O) groups is 1. The maximum absolute atomic E-state index is 13.2. The Bertz CT molecular complexity index is 1090. The van der Waals surface area contributed by atoms with E-state index >= 15 is 0 Å². The van der Waals surface area contributed by atoms with Crippen molar-refractivity contribution in [3.63, 3.8) is 0 Å². The van der Waals surface area contributed by atoms with Gasteiger partial charge in [-0.1, -0.05) is 54.2 Å². The van der Waals surface area contributed by atoms with Crippen molar-refractivity contribution in [2.75, 3.05) is 5.75 Å². The molecule has 4 rings (SSSR count). The van der Waals surface area contributed by atoms with Gasteiger partial charge in [-0.25, -0.2) is 4.98 Å². The second kappa shape index (κ2) is 9.04. The number of piperidine rings is 1. The van der Waals surface area contributed by atoms with E-state index in [0.29, 0.717) is 22.6 Å². The molecule has 0 aliphatic carbocycles. The van der Waals surface area contributed by atoms with Gasteiger partial charge in [0, 0.05) is 12.1 Å². The Morgan fingerprint density at radius 3 is 2.43 bits per heavy atom. The number of fused-ring (bicyclic) bond motifs is 1. The smallest absolute Gasteiger partial charge is 0.262 e. The van der Waals surface area contributed by atoms with Crippen molar-refractivity contribution in [3.8, 4) is 0 Å². The summed E-state index contributed by atoms with van der Waals surface area (Å²) in [6.07, 6.45) is 3.27. The Hall–Kier alpha value is -2.60. The minimum atomic E-state index is -0.0703. The first-order valence-corrected chi connectivity index (χ1v) is 11.5. The van der Waals surface area contributed by atoms with E-state index in [1.807, 2.05) is 59.5 Å². The average Bonchev–Trinajstić information content (AvgIpc) is 2.75. The van der Waals surface area contributed by atoms with E-state index in [0.717, 1.165) is 18.4 Å². The molecule has 0 bridgehead atoms. The first-order valence-electron chi connectivity index (χ1n) is 10.5. The molecule has 1 fully saturated rings. The molecule has 3 aromatic rings. The number of rotatable bonds is 5. The molecule has 1 amide bonds. The summed E-state index contributed by atoms with van der Waals surface area (Å²) in [5.74, 6) is 0.405. The van der Waals surface area contributed by atoms with Crippen LogP contribution in [0.1, 0.15) is 38.7 Å². The number of para-hydroxylation sites is 1. The van der Waals surface area contributed by atoms with Gasteiger partial charge in [-0.15, -0.1) is 0 Å². The lowest BCUT2D eigenvalue weighted by Gasteiger charge is -2.39. The summed E-state index contributed by atoms with van der Waals surface area (Å²) in [6, 6.07) is 17.8. The average molecular weight is 422 g/mol. The summed E-state index contributed by atoms with van der Waals surface area (Å²) in [7, 11) is 0. The van der Waals surface area contributed by atoms with Crippen LogP contribution in [-0.4, -0.2) is 38.2 Å². The summed E-state index contributed by atoms with van der Waals surface area (Å²) < 4.78 is 1.69. The van der Waals surface area contributed by atoms with Gasteiger partial charge >= 0.3 is 0 Å². The van der Waals surface area contributed by atoms with E-state index in [9.17, 15) is 9.59 Å². The van der Waals surface area contributed by atoms with Crippen LogP contribution in [0.25, 0.3) is 10.9 Å². The number of hydrogen-bond acceptors (Lipinski definition) is 4. The molecule has 1 aliphatic heterocycles. The highest BCUT2D eigenvalue weighted by Crippen LogP contribution is 2.25. The summed E-state index contributed by atoms with van der Waals surface area (Å²) >= 11 is 1.36. The molecule has 2 aromatic carbocycles. The van der Waals surface area contributed by atoms with E-state index in [-0.39, 0.29) is 29.3 Å². The van der Waals surface area contributed by atoms with Crippen LogP contribution < -0.4 is 5.56 Å². The van der Waals surface area contributed by atoms with Crippen LogP contribution in [0.15, 0.2) is 64.5 Å². The number of carbonyl (C=O) groups excluding carboxylic acids is 1. The normalized spacial score (nSPS) is 19.2. The van der Waals surface area contributed by atoms with Gasteiger partial charge in [0.05, 0.1) is 23.2 Å². The molecular weight excluding hydrogens is 394 g/mol. The van der Waals surface area contributed by atoms with Crippen molar-refractivity contribution in [1.29, 1.82) is 0 Å². The fraction of sp³-hybridized carbons (Fsp3) is 0.375. The Balaban J connectivity index is 1.64. The lowest BCUT2D eigenvalue weighted by molar-refractivity contribution is -0.134. The number of likely N-dealkylation sites (tertiary alicyclic amines) is 1. The maximum Gasteiger partial charge on any atom is 0.262 e. The monoisotopic (exact) mass is 421 g/mol. The summed E-state index contributed by atoms with van der Waals surface area (Å²) in [4.78, 5) is 33.0. The third-order valence-corrected chi connectivity index (χ3v) is 6.78. The molecule has 0 radical (unpaired) electrons. The molecule has 2 heterocycles. The van der Waals surface area contributed by atoms with E-state index in [1.54, 1.807) is 4.57 Å². The third-order valence-electron chi connectivity index (χ3n) is 5.82. The van der Waals surface area contributed by atoms with Gasteiger partial charge < -0.3 is 4.90 Å². The van der Waals surface area contributed by atoms with Crippen LogP contribution in [0.3, 0.4) is 0 Å². The Labute approximate surface area is 181 Å². The summed E-state index contributed by atoms with van der Waals surface area (Å²) in [5, 5.41) is 1.19. The number of aromatic nitrogens is 2. The van der Waals surface area contributed by atoms with Crippen molar-refractivity contribution in [1.82, 2.24) is 14.5 Å². The predicted octanol–water partition coefficient (Wildman–Crippen LogP) is 4.33. The lowest BCUT2D eigenvalue weighted by Crippen LogP contribution is -2.48. The SMILES string of the molecule is C[C@@H]1CCC[C@@H](C)N1C(=O)CSc1nc2ccccc2c(=O)n1Cc1ccccc1. The van der Waals surface area contributed by atoms with Crippen molar-refractivity contribution in [2.24, 2.45) is 0 Å². The first kappa shape index (κ1) is 20.7. The number of nitrogens with zero attached hydrogens (tertiary/aromatic N) is 3. The molecule has 1 saturated heterocycles. The fourth-order valence-corrected chi connectivity index (χ4v) is 5.14. The molecule has 1 aliphatic rings. The molecule has 6 heteroatoms. The van der Waals surface area contributed by atoms with Crippen molar-refractivity contribution >= 4 is 28.6 Å². The number of thioether (sulfide) groups is 1. The summed E-state index contributed by atoms with van der Waals surface area (Å²) in [5.41, 5.74) is 1.63. The van der Waals surface area contributed by atoms with Crippen molar-refractivity contribution in [3.05, 3.63) is 70.5 Å². The van der Waals surface area contributed by atoms with Gasteiger partial charge in [0.15, 0.2) is 5.16 Å². The maximum atomic E-state index is 13.2. The molecule has 2 atom stereocenters. The minimum Gasteiger partial charge on any atom is -0.337 e. The highest BCUT2D eigenvalue weighted by molar-refractivity contribution is 7.99. The zero-order valence-corrected chi connectivity index (χ0v) is 18.3. The molecule has 0 saturated carbocycles. The number of benzene rings is 2. The Kier molecular flexibility index (Phi) is 6.23. The zero-order chi connectivity index (χ0) is 21.1. The largest absolute Gasteiger partial charge is 0.337 e. The molecule has 30 heavy (non-hydrogen) atoms. The van der Waals surface area contributed by atoms with Crippen LogP contribution in [0, 0.1) is 0 Å². The second-order valence-electron chi connectivity index (χ2n) is 8.01. The lowest BCUT2D eigenvalue weighted by atomic mass is 9.98. The molecule has 0 unspecified atom stereocenters. The van der Waals surface area contributed by atoms with E-state index in [2.05, 4.69) is 13.8 Å². The Morgan fingerprint density at radius 2 is 1.70 bits per heavy atom. The molecule has 5 nitrogen and oxygen atoms in total. The van der Waals surface area contributed by atoms with Crippen LogP contribution in [0.4, 0.5) is 0 Å². The van der Waals surface area contributed by atoms with Crippen LogP contribution >= 0.6 is 11.8 Å². The topological polar surface area (TPSA) is 55.2 Å². The number of hydrogen-bond donors (Lipinski definition) is 0. The van der Waals surface area contributed by atoms with Gasteiger partial charge in [-0.2, -0.15) is 0 Å². The molecule has 1 aromatic heterocycles. The van der Waals surface area contributed by atoms with E-state index in [4.69, 9.17) is 4.98 Å². The van der Waals surface area contributed by atoms with Gasteiger partial charge in [0.25, 0.3) is 5.56 Å². The summed E-state index contributed by atoms with van der Waals surface area (Å²) in [6.45, 7) is 4.68. The highest BCUT2D eigenvalue weighted by Gasteiger charge is 2.29. The van der Waals surface area contributed by atoms with Crippen LogP contribution in [-0.2, 0) is 11.3 Å². The van der Waals surface area contributed by atoms with Gasteiger partial charge in [0.2, 0.25) is 5.91 Å². The molecular formula is C24H27N3O2S. The quantitative estimate of drug-likeness (QED) is 0.455. The van der Waals surface area contributed by atoms with Gasteiger partial charge in [-0.05, 0) is 50.8 Å². The molecule has 0 spiro atoms. The van der Waals surface area contributed by atoms with Crippen LogP contribution in [0.5, 0.6) is 0 Å². The third kappa shape index (κ3) is 4.29. The fourth-order valence-electron chi connectivity index (χ4n) is 4.28. The van der Waals surface area contributed by atoms with Crippen LogP contribution in [0.2, 0.25) is 0 Å². The second-order valence-corrected chi connectivity index (χ2v) is 8.95. The predicted molar refractivity (Wildman–Crippen MR) is 122 cm³/mol. The minimum absolute atomic E-state index is 0.0703. The number of amides is 1. The van der Waals surface area contributed by atoms with Gasteiger partial charge in [0.1, 0.15) is 0 Å². The van der Waals surface area contributed by atoms with Gasteiger partial charge in [-0.3, -0.25) is 14.2 Å². The molecule has 0 N–H and O–H groups in total.